The lowest BCUT2D eigenvalue weighted by Gasteiger charge is -2.27. The Kier molecular flexibility index (Phi) is 6.56. The summed E-state index contributed by atoms with van der Waals surface area (Å²) in [5.74, 6) is -0.459. The molecule has 0 unspecified atom stereocenters. The number of ether oxygens (including phenoxy) is 2. The van der Waals surface area contributed by atoms with E-state index in [1.165, 1.54) is 16.7 Å². The molecule has 3 aliphatic heterocycles. The third-order valence-corrected chi connectivity index (χ3v) is 6.88. The van der Waals surface area contributed by atoms with Gasteiger partial charge in [-0.3, -0.25) is 19.3 Å². The van der Waals surface area contributed by atoms with E-state index in [9.17, 15) is 14.4 Å². The van der Waals surface area contributed by atoms with E-state index in [2.05, 4.69) is 10.3 Å². The van der Waals surface area contributed by atoms with Crippen LogP contribution in [0.2, 0.25) is 0 Å². The number of nitrogens with one attached hydrogen (secondary N) is 1. The maximum atomic E-state index is 13.5. The molecule has 0 aromatic heterocycles. The molecule has 3 aliphatic rings. The molecule has 0 aliphatic carbocycles. The van der Waals surface area contributed by atoms with Crippen LogP contribution in [0.25, 0.3) is 5.57 Å². The third kappa shape index (κ3) is 4.67. The Labute approximate surface area is 206 Å². The first-order valence-corrected chi connectivity index (χ1v) is 12.2. The van der Waals surface area contributed by atoms with Gasteiger partial charge in [0, 0.05) is 24.3 Å². The number of carbonyl (C=O) groups is 3. The molecule has 0 radical (unpaired) electrons. The number of para-hydroxylation sites is 1. The van der Waals surface area contributed by atoms with Crippen molar-refractivity contribution in [3.8, 4) is 5.75 Å². The highest BCUT2D eigenvalue weighted by Gasteiger charge is 2.40. The monoisotopic (exact) mass is 492 g/mol. The Morgan fingerprint density at radius 1 is 1.11 bits per heavy atom. The van der Waals surface area contributed by atoms with Gasteiger partial charge in [0.15, 0.2) is 5.17 Å². The van der Waals surface area contributed by atoms with E-state index in [0.29, 0.717) is 65.7 Å². The van der Waals surface area contributed by atoms with Crippen molar-refractivity contribution in [3.63, 3.8) is 0 Å². The van der Waals surface area contributed by atoms with Crippen LogP contribution in [0.3, 0.4) is 0 Å². The minimum atomic E-state index is -0.435. The average Bonchev–Trinajstić information content (AvgIpc) is 3.38. The lowest BCUT2D eigenvalue weighted by atomic mass is 10.1. The Hall–Kier alpha value is -3.63. The molecule has 9 nitrogen and oxygen atoms in total. The number of hydrogen-bond donors (Lipinski definition) is 1. The van der Waals surface area contributed by atoms with Gasteiger partial charge in [-0.15, -0.1) is 0 Å². The van der Waals surface area contributed by atoms with E-state index < -0.39 is 5.91 Å². The highest BCUT2D eigenvalue weighted by atomic mass is 32.2. The van der Waals surface area contributed by atoms with Crippen LogP contribution in [0.4, 0.5) is 11.4 Å². The molecular formula is C25H24N4O5S. The van der Waals surface area contributed by atoms with E-state index in [0.717, 1.165) is 0 Å². The van der Waals surface area contributed by atoms with Crippen molar-refractivity contribution in [1.29, 1.82) is 0 Å². The van der Waals surface area contributed by atoms with Crippen LogP contribution in [0.5, 0.6) is 5.75 Å². The number of carbonyl (C=O) groups excluding carboxylic acids is 3. The van der Waals surface area contributed by atoms with Crippen molar-refractivity contribution in [2.75, 3.05) is 49.7 Å². The molecule has 0 spiro atoms. The number of amidine groups is 1. The number of morpholine rings is 1. The Bertz CT molecular complexity index is 1230. The molecule has 1 fully saturated rings. The zero-order chi connectivity index (χ0) is 24.4. The lowest BCUT2D eigenvalue weighted by Crippen LogP contribution is -2.38. The van der Waals surface area contributed by atoms with Gasteiger partial charge < -0.3 is 19.7 Å². The highest BCUT2D eigenvalue weighted by Crippen LogP contribution is 2.43. The number of amides is 3. The topological polar surface area (TPSA) is 101 Å². The second-order valence-electron chi connectivity index (χ2n) is 8.02. The van der Waals surface area contributed by atoms with Gasteiger partial charge in [-0.2, -0.15) is 4.99 Å². The zero-order valence-corrected chi connectivity index (χ0v) is 20.0. The molecule has 180 valence electrons. The Morgan fingerprint density at radius 2 is 1.86 bits per heavy atom. The van der Waals surface area contributed by atoms with E-state index in [1.807, 2.05) is 17.9 Å². The van der Waals surface area contributed by atoms with E-state index in [-0.39, 0.29) is 23.9 Å². The standard InChI is InChI=1S/C25H24N4O5S/c1-2-34-17-9-7-16(8-10-17)26-20(30)15-29-19-6-4-3-5-18(19)21(24(29)32)22-23(31)27-25(35-22)28-11-13-33-14-12-28/h3-10H,2,11-15H2,1H3,(H,26,30)/b22-21-. The van der Waals surface area contributed by atoms with Crippen LogP contribution in [-0.2, 0) is 19.1 Å². The fourth-order valence-corrected chi connectivity index (χ4v) is 5.20. The maximum Gasteiger partial charge on any atom is 0.287 e. The summed E-state index contributed by atoms with van der Waals surface area (Å²) in [7, 11) is 0. The largest absolute Gasteiger partial charge is 0.494 e. The summed E-state index contributed by atoms with van der Waals surface area (Å²) in [4.78, 5) is 47.0. The Morgan fingerprint density at radius 3 is 2.60 bits per heavy atom. The number of rotatable bonds is 5. The van der Waals surface area contributed by atoms with Gasteiger partial charge in [0.05, 0.1) is 36.0 Å². The second kappa shape index (κ2) is 9.93. The summed E-state index contributed by atoms with van der Waals surface area (Å²) in [5.41, 5.74) is 2.11. The van der Waals surface area contributed by atoms with Gasteiger partial charge in [0.2, 0.25) is 5.91 Å². The van der Waals surface area contributed by atoms with Gasteiger partial charge in [0.25, 0.3) is 11.8 Å². The normalized spacial score (nSPS) is 19.6. The molecule has 35 heavy (non-hydrogen) atoms. The predicted octanol–water partition coefficient (Wildman–Crippen LogP) is 2.74. The molecule has 5 rings (SSSR count). The quantitative estimate of drug-likeness (QED) is 0.641. The van der Waals surface area contributed by atoms with Gasteiger partial charge >= 0.3 is 0 Å². The zero-order valence-electron chi connectivity index (χ0n) is 19.2. The summed E-state index contributed by atoms with van der Waals surface area (Å²) in [5, 5.41) is 3.40. The summed E-state index contributed by atoms with van der Waals surface area (Å²) in [6, 6.07) is 14.2. The fourth-order valence-electron chi connectivity index (χ4n) is 4.14. The summed E-state index contributed by atoms with van der Waals surface area (Å²) in [6.07, 6.45) is 0. The molecule has 2 aromatic rings. The average molecular weight is 493 g/mol. The van der Waals surface area contributed by atoms with Crippen LogP contribution >= 0.6 is 11.8 Å². The summed E-state index contributed by atoms with van der Waals surface area (Å²) < 4.78 is 10.8. The lowest BCUT2D eigenvalue weighted by molar-refractivity contribution is -0.118. The van der Waals surface area contributed by atoms with Crippen LogP contribution < -0.4 is 15.0 Å². The second-order valence-corrected chi connectivity index (χ2v) is 9.00. The van der Waals surface area contributed by atoms with Crippen molar-refractivity contribution < 1.29 is 23.9 Å². The van der Waals surface area contributed by atoms with E-state index in [1.54, 1.807) is 42.5 Å². The molecule has 0 atom stereocenters. The van der Waals surface area contributed by atoms with Crippen LogP contribution in [0.15, 0.2) is 58.4 Å². The van der Waals surface area contributed by atoms with Crippen molar-refractivity contribution >= 4 is 51.6 Å². The number of hydrogen-bond acceptors (Lipinski definition) is 7. The molecule has 2 aromatic carbocycles. The number of nitrogens with zero attached hydrogens (tertiary/aromatic N) is 3. The van der Waals surface area contributed by atoms with Gasteiger partial charge in [-0.25, -0.2) is 0 Å². The molecule has 3 amide bonds. The van der Waals surface area contributed by atoms with Crippen molar-refractivity contribution in [1.82, 2.24) is 4.90 Å². The number of aliphatic imine (C=N–C) groups is 1. The Balaban J connectivity index is 1.36. The number of fused-ring (bicyclic) bond motifs is 1. The molecule has 3 heterocycles. The van der Waals surface area contributed by atoms with Crippen LogP contribution in [0, 0.1) is 0 Å². The SMILES string of the molecule is CCOc1ccc(NC(=O)CN2C(=O)/C(=C3\SC(N4CCOCC4)=NC3=O)c3ccccc32)cc1. The maximum absolute atomic E-state index is 13.5. The van der Waals surface area contributed by atoms with Gasteiger partial charge in [-0.1, -0.05) is 18.2 Å². The molecular weight excluding hydrogens is 468 g/mol. The highest BCUT2D eigenvalue weighted by molar-refractivity contribution is 8.18. The van der Waals surface area contributed by atoms with Crippen molar-refractivity contribution in [2.24, 2.45) is 4.99 Å². The number of benzene rings is 2. The molecule has 1 N–H and O–H groups in total. The third-order valence-electron chi connectivity index (χ3n) is 5.77. The van der Waals surface area contributed by atoms with Crippen LogP contribution in [0.1, 0.15) is 12.5 Å². The van der Waals surface area contributed by atoms with E-state index in [4.69, 9.17) is 9.47 Å². The van der Waals surface area contributed by atoms with Crippen molar-refractivity contribution in [3.05, 3.63) is 59.0 Å². The first kappa shape index (κ1) is 23.1. The fraction of sp³-hybridized carbons (Fsp3) is 0.280. The minimum absolute atomic E-state index is 0.185. The number of thioether (sulfide) groups is 1. The smallest absolute Gasteiger partial charge is 0.287 e. The predicted molar refractivity (Wildman–Crippen MR) is 134 cm³/mol. The molecule has 0 saturated carbocycles. The van der Waals surface area contributed by atoms with Gasteiger partial charge in [0.1, 0.15) is 12.3 Å². The first-order valence-electron chi connectivity index (χ1n) is 11.4. The summed E-state index contributed by atoms with van der Waals surface area (Å²) >= 11 is 1.21. The molecule has 1 saturated heterocycles. The molecule has 10 heteroatoms. The summed E-state index contributed by atoms with van der Waals surface area (Å²) in [6.45, 7) is 4.69. The van der Waals surface area contributed by atoms with Crippen LogP contribution in [-0.4, -0.2) is 67.2 Å². The number of anilines is 2. The van der Waals surface area contributed by atoms with E-state index >= 15 is 0 Å². The van der Waals surface area contributed by atoms with Crippen molar-refractivity contribution in [2.45, 2.75) is 6.92 Å². The molecule has 0 bridgehead atoms. The van der Waals surface area contributed by atoms with Gasteiger partial charge in [-0.05, 0) is 49.0 Å². The minimum Gasteiger partial charge on any atom is -0.494 e. The first-order chi connectivity index (χ1) is 17.0.